The first-order valence-corrected chi connectivity index (χ1v) is 13.4. The minimum Gasteiger partial charge on any atom is -0.469 e. The number of aromatic nitrogens is 1. The van der Waals surface area contributed by atoms with Crippen molar-refractivity contribution in [2.75, 3.05) is 7.11 Å². The highest BCUT2D eigenvalue weighted by atomic mass is 35.5. The molecule has 0 radical (unpaired) electrons. The molecule has 9 heteroatoms. The van der Waals surface area contributed by atoms with E-state index in [0.29, 0.717) is 12.0 Å². The minimum atomic E-state index is -2.06. The van der Waals surface area contributed by atoms with E-state index in [1.165, 1.54) is 7.11 Å². The number of rotatable bonds is 7. The molecule has 0 saturated heterocycles. The molecule has 1 heterocycles. The Morgan fingerprint density at radius 2 is 1.97 bits per heavy atom. The number of halogens is 1. The van der Waals surface area contributed by atoms with Crippen LogP contribution in [0.4, 0.5) is 0 Å². The van der Waals surface area contributed by atoms with Gasteiger partial charge in [0.05, 0.1) is 19.6 Å². The van der Waals surface area contributed by atoms with Crippen molar-refractivity contribution in [1.29, 1.82) is 0 Å². The third kappa shape index (κ3) is 6.12. The summed E-state index contributed by atoms with van der Waals surface area (Å²) >= 11 is 6.62. The second kappa shape index (κ2) is 10.0. The van der Waals surface area contributed by atoms with Crippen LogP contribution in [-0.4, -0.2) is 50.0 Å². The van der Waals surface area contributed by atoms with Crippen LogP contribution < -0.4 is 5.43 Å². The number of amides is 1. The lowest BCUT2D eigenvalue weighted by Gasteiger charge is -2.39. The van der Waals surface area contributed by atoms with Gasteiger partial charge in [-0.1, -0.05) is 20.8 Å². The Morgan fingerprint density at radius 1 is 1.33 bits per heavy atom. The lowest BCUT2D eigenvalue weighted by molar-refractivity contribution is -0.141. The number of pyridine rings is 1. The van der Waals surface area contributed by atoms with E-state index in [4.69, 9.17) is 20.8 Å². The van der Waals surface area contributed by atoms with Crippen LogP contribution in [0, 0.1) is 11.8 Å². The zero-order valence-electron chi connectivity index (χ0n) is 18.5. The number of carbonyl (C=O) groups excluding carboxylic acids is 2. The number of hydrogen-bond donors (Lipinski definition) is 1. The van der Waals surface area contributed by atoms with Gasteiger partial charge in [0, 0.05) is 35.5 Å². The fourth-order valence-electron chi connectivity index (χ4n) is 3.25. The Hall–Kier alpha value is -1.77. The van der Waals surface area contributed by atoms with E-state index < -0.39 is 8.32 Å². The molecule has 4 atom stereocenters. The van der Waals surface area contributed by atoms with E-state index in [2.05, 4.69) is 49.4 Å². The highest BCUT2D eigenvalue weighted by Gasteiger charge is 2.48. The number of esters is 1. The summed E-state index contributed by atoms with van der Waals surface area (Å²) in [6.45, 7) is 10.9. The van der Waals surface area contributed by atoms with Crippen LogP contribution in [0.25, 0.3) is 0 Å². The fourth-order valence-corrected chi connectivity index (χ4v) is 5.05. The van der Waals surface area contributed by atoms with Crippen molar-refractivity contribution in [2.24, 2.45) is 16.9 Å². The second-order valence-electron chi connectivity index (χ2n) is 9.14. The summed E-state index contributed by atoms with van der Waals surface area (Å²) in [5, 5.41) is 3.96. The highest BCUT2D eigenvalue weighted by Crippen LogP contribution is 2.44. The molecule has 0 unspecified atom stereocenters. The second-order valence-corrected chi connectivity index (χ2v) is 14.5. The van der Waals surface area contributed by atoms with Crippen LogP contribution in [0.3, 0.4) is 0 Å². The number of alkyl halides is 1. The van der Waals surface area contributed by atoms with Gasteiger partial charge in [0.2, 0.25) is 0 Å². The molecule has 1 aliphatic rings. The standard InChI is InChI=1S/C21H32ClN3O4Si/c1-21(2,3)30(5,6)29-18-12-17(22)15(11-19(26)28-4)16(18)13-24-25-20(27)14-7-9-23-10-8-14/h7-10,13,15-18H,11-12H2,1-6H3,(H,25,27)/b24-13-/t15-,16-,17-,18-/m0/s1. The zero-order chi connectivity index (χ0) is 22.5. The van der Waals surface area contributed by atoms with E-state index in [0.717, 1.165) is 0 Å². The van der Waals surface area contributed by atoms with Crippen LogP contribution >= 0.6 is 11.6 Å². The van der Waals surface area contributed by atoms with Crippen LogP contribution in [-0.2, 0) is 14.0 Å². The number of nitrogens with zero attached hydrogens (tertiary/aromatic N) is 2. The first-order valence-electron chi connectivity index (χ1n) is 10.1. The minimum absolute atomic E-state index is 0.0342. The molecule has 0 aliphatic heterocycles. The number of ether oxygens (including phenoxy) is 1. The molecule has 2 rings (SSSR count). The number of carbonyl (C=O) groups is 2. The van der Waals surface area contributed by atoms with Gasteiger partial charge in [-0.2, -0.15) is 5.10 Å². The zero-order valence-corrected chi connectivity index (χ0v) is 20.3. The van der Waals surface area contributed by atoms with Crippen LogP contribution in [0.2, 0.25) is 18.1 Å². The Morgan fingerprint density at radius 3 is 2.53 bits per heavy atom. The molecule has 1 saturated carbocycles. The van der Waals surface area contributed by atoms with Crippen molar-refractivity contribution in [2.45, 2.75) is 63.2 Å². The summed E-state index contributed by atoms with van der Waals surface area (Å²) in [4.78, 5) is 28.1. The molecule has 0 bridgehead atoms. The van der Waals surface area contributed by atoms with Gasteiger partial charge >= 0.3 is 5.97 Å². The summed E-state index contributed by atoms with van der Waals surface area (Å²) < 4.78 is 11.5. The van der Waals surface area contributed by atoms with Crippen molar-refractivity contribution >= 4 is 38.0 Å². The maximum atomic E-state index is 12.3. The molecule has 1 aliphatic carbocycles. The first kappa shape index (κ1) is 24.5. The van der Waals surface area contributed by atoms with Crippen molar-refractivity contribution < 1.29 is 18.8 Å². The van der Waals surface area contributed by atoms with Gasteiger partial charge in [0.1, 0.15) is 0 Å². The molecule has 0 spiro atoms. The van der Waals surface area contributed by atoms with Gasteiger partial charge in [-0.25, -0.2) is 5.43 Å². The summed E-state index contributed by atoms with van der Waals surface area (Å²) in [5.74, 6) is -1.05. The van der Waals surface area contributed by atoms with Crippen LogP contribution in [0.1, 0.15) is 44.0 Å². The maximum absolute atomic E-state index is 12.3. The molecular formula is C21H32ClN3O4Si. The molecule has 1 aromatic heterocycles. The Bertz CT molecular complexity index is 767. The summed E-state index contributed by atoms with van der Waals surface area (Å²) in [6.07, 6.45) is 5.37. The van der Waals surface area contributed by atoms with Gasteiger partial charge in [-0.3, -0.25) is 14.6 Å². The molecule has 0 aromatic carbocycles. The molecule has 7 nitrogen and oxygen atoms in total. The summed E-state index contributed by atoms with van der Waals surface area (Å²) in [7, 11) is -0.700. The smallest absolute Gasteiger partial charge is 0.305 e. The third-order valence-electron chi connectivity index (χ3n) is 6.08. The van der Waals surface area contributed by atoms with Gasteiger partial charge in [0.15, 0.2) is 8.32 Å². The van der Waals surface area contributed by atoms with E-state index >= 15 is 0 Å². The van der Waals surface area contributed by atoms with Crippen LogP contribution in [0.15, 0.2) is 29.6 Å². The van der Waals surface area contributed by atoms with E-state index in [-0.39, 0.29) is 46.7 Å². The lowest BCUT2D eigenvalue weighted by atomic mass is 9.93. The number of methoxy groups -OCH3 is 1. The van der Waals surface area contributed by atoms with Crippen molar-refractivity contribution in [3.05, 3.63) is 30.1 Å². The Labute approximate surface area is 184 Å². The van der Waals surface area contributed by atoms with E-state index in [9.17, 15) is 9.59 Å². The van der Waals surface area contributed by atoms with Crippen LogP contribution in [0.5, 0.6) is 0 Å². The molecule has 1 N–H and O–H groups in total. The number of hydrazone groups is 1. The Balaban J connectivity index is 2.19. The van der Waals surface area contributed by atoms with Crippen molar-refractivity contribution in [3.63, 3.8) is 0 Å². The average molecular weight is 454 g/mol. The first-order chi connectivity index (χ1) is 14.0. The average Bonchev–Trinajstić information content (AvgIpc) is 2.95. The number of nitrogens with one attached hydrogen (secondary N) is 1. The number of hydrogen-bond acceptors (Lipinski definition) is 6. The maximum Gasteiger partial charge on any atom is 0.305 e. The summed E-state index contributed by atoms with van der Waals surface area (Å²) in [6, 6.07) is 3.22. The molecule has 1 fully saturated rings. The lowest BCUT2D eigenvalue weighted by Crippen LogP contribution is -2.45. The molecule has 1 amide bonds. The van der Waals surface area contributed by atoms with Crippen molar-refractivity contribution in [3.8, 4) is 0 Å². The fraction of sp³-hybridized carbons (Fsp3) is 0.619. The molecule has 1 aromatic rings. The van der Waals surface area contributed by atoms with Gasteiger partial charge in [-0.05, 0) is 42.6 Å². The largest absolute Gasteiger partial charge is 0.469 e. The Kier molecular flexibility index (Phi) is 8.18. The van der Waals surface area contributed by atoms with Gasteiger partial charge in [0.25, 0.3) is 5.91 Å². The topological polar surface area (TPSA) is 89.9 Å². The highest BCUT2D eigenvalue weighted by molar-refractivity contribution is 6.74. The SMILES string of the molecule is COC(=O)C[C@H]1[C@H](/C=N\NC(=O)c2ccncc2)[C@@H](O[Si](C)(C)C(C)(C)C)C[C@@H]1Cl. The normalized spacial score (nSPS) is 24.8. The molecule has 30 heavy (non-hydrogen) atoms. The molecule has 166 valence electrons. The van der Waals surface area contributed by atoms with E-state index in [1.54, 1.807) is 30.7 Å². The van der Waals surface area contributed by atoms with Crippen molar-refractivity contribution in [1.82, 2.24) is 10.4 Å². The summed E-state index contributed by atoms with van der Waals surface area (Å²) in [5.41, 5.74) is 3.00. The van der Waals surface area contributed by atoms with Gasteiger partial charge < -0.3 is 9.16 Å². The predicted octanol–water partition coefficient (Wildman–Crippen LogP) is 3.99. The van der Waals surface area contributed by atoms with E-state index in [1.807, 2.05) is 0 Å². The predicted molar refractivity (Wildman–Crippen MR) is 120 cm³/mol. The van der Waals surface area contributed by atoms with Gasteiger partial charge in [-0.15, -0.1) is 11.6 Å². The molecular weight excluding hydrogens is 422 g/mol. The third-order valence-corrected chi connectivity index (χ3v) is 11.1. The quantitative estimate of drug-likeness (QED) is 0.221. The monoisotopic (exact) mass is 453 g/mol.